The molecule has 6 nitrogen and oxygen atoms in total. The minimum absolute atomic E-state index is 0.0607. The number of aliphatic imine (C=N–C) groups is 1. The molecule has 2 heterocycles. The molecule has 4 rings (SSSR count). The molecule has 0 radical (unpaired) electrons. The summed E-state index contributed by atoms with van der Waals surface area (Å²) in [7, 11) is 0. The van der Waals surface area contributed by atoms with E-state index in [1.807, 2.05) is 19.1 Å². The fraction of sp³-hybridized carbons (Fsp3) is 0.100. The van der Waals surface area contributed by atoms with Crippen molar-refractivity contribution in [2.75, 3.05) is 0 Å². The van der Waals surface area contributed by atoms with E-state index in [4.69, 9.17) is 16.0 Å². The van der Waals surface area contributed by atoms with Crippen molar-refractivity contribution in [3.05, 3.63) is 75.1 Å². The van der Waals surface area contributed by atoms with Crippen LogP contribution >= 0.6 is 23.4 Å². The summed E-state index contributed by atoms with van der Waals surface area (Å²) in [4.78, 5) is 16.8. The molecule has 3 aromatic rings. The number of rotatable bonds is 3. The Labute approximate surface area is 169 Å². The maximum absolute atomic E-state index is 12.4. The average Bonchev–Trinajstić information content (AvgIpc) is 3.04. The van der Waals surface area contributed by atoms with Gasteiger partial charge in [-0.05, 0) is 36.8 Å². The molecule has 1 atom stereocenters. The molecule has 2 aromatic carbocycles. The Morgan fingerprint density at radius 3 is 2.75 bits per heavy atom. The van der Waals surface area contributed by atoms with Crippen LogP contribution in [-0.2, 0) is 0 Å². The van der Waals surface area contributed by atoms with Gasteiger partial charge in [0.2, 0.25) is 5.17 Å². The van der Waals surface area contributed by atoms with E-state index in [1.165, 1.54) is 11.8 Å². The van der Waals surface area contributed by atoms with Crippen LogP contribution in [0.15, 0.2) is 72.9 Å². The quantitative estimate of drug-likeness (QED) is 0.391. The highest BCUT2D eigenvalue weighted by molar-refractivity contribution is 8.15. The van der Waals surface area contributed by atoms with E-state index in [0.717, 1.165) is 5.56 Å². The van der Waals surface area contributed by atoms with Crippen LogP contribution in [0.4, 0.5) is 0 Å². The number of aromatic hydroxyl groups is 1. The van der Waals surface area contributed by atoms with Crippen molar-refractivity contribution >= 4 is 51.4 Å². The Balaban J connectivity index is 1.68. The van der Waals surface area contributed by atoms with E-state index in [1.54, 1.807) is 42.6 Å². The lowest BCUT2D eigenvalue weighted by Gasteiger charge is -2.08. The van der Waals surface area contributed by atoms with E-state index < -0.39 is 5.63 Å². The molecule has 0 aliphatic carbocycles. The van der Waals surface area contributed by atoms with Gasteiger partial charge < -0.3 is 9.52 Å². The van der Waals surface area contributed by atoms with Crippen molar-refractivity contribution in [1.82, 2.24) is 0 Å². The maximum atomic E-state index is 12.4. The van der Waals surface area contributed by atoms with Crippen LogP contribution in [0.3, 0.4) is 0 Å². The SMILES string of the molecule is CC1S/C(=N\N=Cc2ccc(Cl)cc2)N=C1c1c(O)c2ccccc2oc1=O. The number of fused-ring (bicyclic) bond motifs is 1. The maximum Gasteiger partial charge on any atom is 0.349 e. The number of nitrogens with zero attached hydrogens (tertiary/aromatic N) is 3. The summed E-state index contributed by atoms with van der Waals surface area (Å²) in [5, 5.41) is 20.1. The average molecular weight is 412 g/mol. The topological polar surface area (TPSA) is 87.5 Å². The van der Waals surface area contributed by atoms with Crippen LogP contribution < -0.4 is 5.63 Å². The third-order valence-corrected chi connectivity index (χ3v) is 5.36. The van der Waals surface area contributed by atoms with Gasteiger partial charge in [-0.25, -0.2) is 9.79 Å². The van der Waals surface area contributed by atoms with Crippen LogP contribution in [-0.4, -0.2) is 27.5 Å². The minimum Gasteiger partial charge on any atom is -0.506 e. The fourth-order valence-electron chi connectivity index (χ4n) is 2.79. The molecule has 28 heavy (non-hydrogen) atoms. The van der Waals surface area contributed by atoms with Gasteiger partial charge in [-0.15, -0.1) is 5.10 Å². The smallest absolute Gasteiger partial charge is 0.349 e. The van der Waals surface area contributed by atoms with Gasteiger partial charge in [0.25, 0.3) is 0 Å². The summed E-state index contributed by atoms with van der Waals surface area (Å²) in [6, 6.07) is 14.0. The lowest BCUT2D eigenvalue weighted by atomic mass is 10.1. The fourth-order valence-corrected chi connectivity index (χ4v) is 3.76. The van der Waals surface area contributed by atoms with Crippen molar-refractivity contribution < 1.29 is 9.52 Å². The van der Waals surface area contributed by atoms with Crippen molar-refractivity contribution in [3.8, 4) is 5.75 Å². The molecule has 0 fully saturated rings. The van der Waals surface area contributed by atoms with Crippen LogP contribution in [0, 0.1) is 0 Å². The van der Waals surface area contributed by atoms with Gasteiger partial charge in [0.1, 0.15) is 16.9 Å². The molecule has 0 saturated heterocycles. The molecule has 0 amide bonds. The number of halogens is 1. The molecule has 0 saturated carbocycles. The highest BCUT2D eigenvalue weighted by Gasteiger charge is 2.29. The van der Waals surface area contributed by atoms with Gasteiger partial charge in [-0.2, -0.15) is 5.10 Å². The Morgan fingerprint density at radius 2 is 1.96 bits per heavy atom. The summed E-state index contributed by atoms with van der Waals surface area (Å²) in [5.41, 5.74) is 1.03. The van der Waals surface area contributed by atoms with Crippen LogP contribution in [0.1, 0.15) is 18.1 Å². The second-order valence-electron chi connectivity index (χ2n) is 6.05. The Kier molecular flexibility index (Phi) is 5.02. The zero-order valence-electron chi connectivity index (χ0n) is 14.7. The highest BCUT2D eigenvalue weighted by atomic mass is 35.5. The zero-order valence-corrected chi connectivity index (χ0v) is 16.2. The van der Waals surface area contributed by atoms with Gasteiger partial charge in [-0.1, -0.05) is 47.6 Å². The number of amidine groups is 1. The molecule has 0 spiro atoms. The monoisotopic (exact) mass is 411 g/mol. The van der Waals surface area contributed by atoms with Gasteiger partial charge in [0.05, 0.1) is 22.6 Å². The number of hydrogen-bond donors (Lipinski definition) is 1. The first-order valence-electron chi connectivity index (χ1n) is 8.40. The Hall–Kier alpha value is -2.90. The second-order valence-corrected chi connectivity index (χ2v) is 7.79. The molecular formula is C20H14ClN3O3S. The number of hydrogen-bond acceptors (Lipinski definition) is 6. The summed E-state index contributed by atoms with van der Waals surface area (Å²) >= 11 is 7.20. The summed E-state index contributed by atoms with van der Waals surface area (Å²) < 4.78 is 5.33. The van der Waals surface area contributed by atoms with Gasteiger partial charge in [0.15, 0.2) is 0 Å². The summed E-state index contributed by atoms with van der Waals surface area (Å²) in [6.45, 7) is 1.88. The summed E-state index contributed by atoms with van der Waals surface area (Å²) in [5.74, 6) is -0.135. The first-order chi connectivity index (χ1) is 13.5. The molecule has 1 aliphatic rings. The van der Waals surface area contributed by atoms with Crippen molar-refractivity contribution in [3.63, 3.8) is 0 Å². The molecule has 1 aliphatic heterocycles. The summed E-state index contributed by atoms with van der Waals surface area (Å²) in [6.07, 6.45) is 1.59. The van der Waals surface area contributed by atoms with Crippen molar-refractivity contribution in [1.29, 1.82) is 0 Å². The van der Waals surface area contributed by atoms with E-state index in [0.29, 0.717) is 26.9 Å². The lowest BCUT2D eigenvalue weighted by Crippen LogP contribution is -2.20. The van der Waals surface area contributed by atoms with Crippen LogP contribution in [0.5, 0.6) is 5.75 Å². The van der Waals surface area contributed by atoms with Gasteiger partial charge >= 0.3 is 5.63 Å². The largest absolute Gasteiger partial charge is 0.506 e. The van der Waals surface area contributed by atoms with Crippen LogP contribution in [0.2, 0.25) is 5.02 Å². The minimum atomic E-state index is -0.631. The normalized spacial score (nSPS) is 18.3. The van der Waals surface area contributed by atoms with E-state index in [2.05, 4.69) is 15.2 Å². The molecule has 1 N–H and O–H groups in total. The molecule has 8 heteroatoms. The predicted octanol–water partition coefficient (Wildman–Crippen LogP) is 4.47. The van der Waals surface area contributed by atoms with Crippen LogP contribution in [0.25, 0.3) is 11.0 Å². The molecule has 1 unspecified atom stereocenters. The number of para-hydroxylation sites is 1. The third-order valence-electron chi connectivity index (χ3n) is 4.15. The second kappa shape index (κ2) is 7.61. The molecule has 1 aromatic heterocycles. The number of thioether (sulfide) groups is 1. The molecule has 0 bridgehead atoms. The van der Waals surface area contributed by atoms with Crippen molar-refractivity contribution in [2.45, 2.75) is 12.2 Å². The van der Waals surface area contributed by atoms with Crippen molar-refractivity contribution in [2.24, 2.45) is 15.2 Å². The first kappa shape index (κ1) is 18.5. The van der Waals surface area contributed by atoms with Gasteiger partial charge in [-0.3, -0.25) is 0 Å². The first-order valence-corrected chi connectivity index (χ1v) is 9.65. The third kappa shape index (κ3) is 3.58. The van der Waals surface area contributed by atoms with E-state index in [-0.39, 0.29) is 16.6 Å². The predicted molar refractivity (Wildman–Crippen MR) is 114 cm³/mol. The molecular weight excluding hydrogens is 398 g/mol. The van der Waals surface area contributed by atoms with E-state index >= 15 is 0 Å². The zero-order chi connectivity index (χ0) is 19.7. The lowest BCUT2D eigenvalue weighted by molar-refractivity contribution is 0.466. The standard InChI is InChI=1S/C20H14ClN3O3S/c1-11-17(16-18(25)14-4-2-3-5-15(14)27-19(16)26)23-20(28-11)24-22-10-12-6-8-13(21)9-7-12/h2-11,25H,1H3/b22-10?,24-20-. The van der Waals surface area contributed by atoms with E-state index in [9.17, 15) is 9.90 Å². The molecule has 140 valence electrons. The Morgan fingerprint density at radius 1 is 1.21 bits per heavy atom. The highest BCUT2D eigenvalue weighted by Crippen LogP contribution is 2.32. The van der Waals surface area contributed by atoms with Gasteiger partial charge in [0, 0.05) is 5.02 Å². The number of benzene rings is 2. The Bertz CT molecular complexity index is 1200.